The predicted octanol–water partition coefficient (Wildman–Crippen LogP) is 2.98. The van der Waals surface area contributed by atoms with Crippen LogP contribution in [0.1, 0.15) is 23.0 Å². The summed E-state index contributed by atoms with van der Waals surface area (Å²) in [5, 5.41) is 0. The van der Waals surface area contributed by atoms with Crippen molar-refractivity contribution < 1.29 is 9.15 Å². The highest BCUT2D eigenvalue weighted by atomic mass is 16.5. The van der Waals surface area contributed by atoms with Gasteiger partial charge in [-0.3, -0.25) is 0 Å². The first-order valence-electron chi connectivity index (χ1n) is 5.68. The second-order valence-corrected chi connectivity index (χ2v) is 4.06. The van der Waals surface area contributed by atoms with Gasteiger partial charge in [-0.05, 0) is 43.2 Å². The van der Waals surface area contributed by atoms with Crippen molar-refractivity contribution in [2.45, 2.75) is 20.0 Å². The van der Waals surface area contributed by atoms with E-state index in [1.807, 2.05) is 31.2 Å². The second kappa shape index (κ2) is 5.06. The molecule has 0 amide bonds. The molecule has 3 nitrogen and oxygen atoms in total. The molecule has 1 atom stereocenters. The maximum absolute atomic E-state index is 5.90. The minimum Gasteiger partial charge on any atom is -0.481 e. The summed E-state index contributed by atoms with van der Waals surface area (Å²) in [6.45, 7) is 4.49. The van der Waals surface area contributed by atoms with Crippen molar-refractivity contribution in [2.75, 3.05) is 6.54 Å². The highest BCUT2D eigenvalue weighted by Crippen LogP contribution is 2.26. The van der Waals surface area contributed by atoms with Gasteiger partial charge in [0.25, 0.3) is 0 Å². The van der Waals surface area contributed by atoms with Crippen LogP contribution in [0.25, 0.3) is 0 Å². The highest BCUT2D eigenvalue weighted by Gasteiger charge is 2.15. The molecule has 0 saturated heterocycles. The molecular formula is C14H17NO2. The topological polar surface area (TPSA) is 48.4 Å². The highest BCUT2D eigenvalue weighted by molar-refractivity contribution is 5.38. The van der Waals surface area contributed by atoms with Crippen LogP contribution in [-0.2, 0) is 0 Å². The Morgan fingerprint density at radius 1 is 1.24 bits per heavy atom. The largest absolute Gasteiger partial charge is 0.481 e. The van der Waals surface area contributed by atoms with E-state index in [1.54, 1.807) is 6.26 Å². The van der Waals surface area contributed by atoms with E-state index in [1.165, 1.54) is 5.56 Å². The molecule has 3 heteroatoms. The minimum atomic E-state index is -0.231. The number of nitrogens with two attached hydrogens (primary N) is 1. The van der Waals surface area contributed by atoms with Crippen molar-refractivity contribution in [3.63, 3.8) is 0 Å². The van der Waals surface area contributed by atoms with Gasteiger partial charge in [-0.15, -0.1) is 0 Å². The van der Waals surface area contributed by atoms with Crippen LogP contribution >= 0.6 is 0 Å². The molecule has 2 rings (SSSR count). The molecule has 17 heavy (non-hydrogen) atoms. The third kappa shape index (κ3) is 2.50. The standard InChI is InChI=1S/C14H17NO2/c1-10-5-3-6-12(11(10)2)17-14(9-15)13-7-4-8-16-13/h3-8,14H,9,15H2,1-2H3. The van der Waals surface area contributed by atoms with Crippen LogP contribution in [0.2, 0.25) is 0 Å². The summed E-state index contributed by atoms with van der Waals surface area (Å²) in [6, 6.07) is 9.71. The number of rotatable bonds is 4. The zero-order valence-corrected chi connectivity index (χ0v) is 10.1. The first kappa shape index (κ1) is 11.7. The molecule has 1 heterocycles. The summed E-state index contributed by atoms with van der Waals surface area (Å²) >= 11 is 0. The SMILES string of the molecule is Cc1cccc(OC(CN)c2ccco2)c1C. The van der Waals surface area contributed by atoms with Gasteiger partial charge >= 0.3 is 0 Å². The van der Waals surface area contributed by atoms with E-state index in [0.29, 0.717) is 6.54 Å². The molecule has 0 aliphatic rings. The summed E-state index contributed by atoms with van der Waals surface area (Å²) in [5.41, 5.74) is 8.06. The number of hydrogen-bond donors (Lipinski definition) is 1. The van der Waals surface area contributed by atoms with Crippen molar-refractivity contribution in [3.05, 3.63) is 53.5 Å². The normalized spacial score (nSPS) is 12.4. The Hall–Kier alpha value is -1.74. The fourth-order valence-electron chi connectivity index (χ4n) is 1.70. The van der Waals surface area contributed by atoms with Crippen LogP contribution in [0.15, 0.2) is 41.0 Å². The quantitative estimate of drug-likeness (QED) is 0.880. The van der Waals surface area contributed by atoms with Crippen LogP contribution in [0.4, 0.5) is 0 Å². The first-order chi connectivity index (χ1) is 8.22. The molecule has 90 valence electrons. The molecule has 0 fully saturated rings. The van der Waals surface area contributed by atoms with Gasteiger partial charge in [0.05, 0.1) is 6.26 Å². The Kier molecular flexibility index (Phi) is 3.49. The number of ether oxygens (including phenoxy) is 1. The molecule has 0 aliphatic heterocycles. The Balaban J connectivity index is 2.22. The van der Waals surface area contributed by atoms with Gasteiger partial charge in [-0.25, -0.2) is 0 Å². The number of furan rings is 1. The number of aryl methyl sites for hydroxylation is 1. The second-order valence-electron chi connectivity index (χ2n) is 4.06. The summed E-state index contributed by atoms with van der Waals surface area (Å²) in [7, 11) is 0. The van der Waals surface area contributed by atoms with Crippen LogP contribution < -0.4 is 10.5 Å². The van der Waals surface area contributed by atoms with Crippen LogP contribution in [0, 0.1) is 13.8 Å². The lowest BCUT2D eigenvalue weighted by Crippen LogP contribution is -2.18. The van der Waals surface area contributed by atoms with Crippen molar-refractivity contribution >= 4 is 0 Å². The Morgan fingerprint density at radius 2 is 2.06 bits per heavy atom. The Labute approximate surface area is 101 Å². The average Bonchev–Trinajstić information content (AvgIpc) is 2.85. The van der Waals surface area contributed by atoms with E-state index in [4.69, 9.17) is 14.9 Å². The molecule has 2 N–H and O–H groups in total. The summed E-state index contributed by atoms with van der Waals surface area (Å²) in [5.74, 6) is 1.62. The summed E-state index contributed by atoms with van der Waals surface area (Å²) < 4.78 is 11.2. The third-order valence-corrected chi connectivity index (χ3v) is 2.90. The lowest BCUT2D eigenvalue weighted by molar-refractivity contribution is 0.182. The maximum Gasteiger partial charge on any atom is 0.168 e. The van der Waals surface area contributed by atoms with Crippen molar-refractivity contribution in [3.8, 4) is 5.75 Å². The molecular weight excluding hydrogens is 214 g/mol. The molecule has 0 bridgehead atoms. The van der Waals surface area contributed by atoms with E-state index in [9.17, 15) is 0 Å². The van der Waals surface area contributed by atoms with E-state index in [-0.39, 0.29) is 6.10 Å². The smallest absolute Gasteiger partial charge is 0.168 e. The van der Waals surface area contributed by atoms with Gasteiger partial charge in [0.15, 0.2) is 6.10 Å². The number of benzene rings is 1. The van der Waals surface area contributed by atoms with Crippen LogP contribution in [-0.4, -0.2) is 6.54 Å². The molecule has 0 saturated carbocycles. The lowest BCUT2D eigenvalue weighted by Gasteiger charge is -2.17. The van der Waals surface area contributed by atoms with Crippen LogP contribution in [0.5, 0.6) is 5.75 Å². The molecule has 0 aliphatic carbocycles. The van der Waals surface area contributed by atoms with Crippen molar-refractivity contribution in [1.82, 2.24) is 0 Å². The Bertz CT molecular complexity index is 477. The Morgan fingerprint density at radius 3 is 2.71 bits per heavy atom. The summed E-state index contributed by atoms with van der Waals surface area (Å²) in [6.07, 6.45) is 1.40. The maximum atomic E-state index is 5.90. The van der Waals surface area contributed by atoms with Gasteiger partial charge in [-0.2, -0.15) is 0 Å². The van der Waals surface area contributed by atoms with Gasteiger partial charge in [0.1, 0.15) is 11.5 Å². The molecule has 0 spiro atoms. The van der Waals surface area contributed by atoms with Crippen LogP contribution in [0.3, 0.4) is 0 Å². The van der Waals surface area contributed by atoms with Crippen molar-refractivity contribution in [2.24, 2.45) is 5.73 Å². The zero-order chi connectivity index (χ0) is 12.3. The predicted molar refractivity (Wildman–Crippen MR) is 67.0 cm³/mol. The number of hydrogen-bond acceptors (Lipinski definition) is 3. The monoisotopic (exact) mass is 231 g/mol. The fourth-order valence-corrected chi connectivity index (χ4v) is 1.70. The van der Waals surface area contributed by atoms with E-state index < -0.39 is 0 Å². The minimum absolute atomic E-state index is 0.231. The van der Waals surface area contributed by atoms with E-state index >= 15 is 0 Å². The average molecular weight is 231 g/mol. The van der Waals surface area contributed by atoms with Gasteiger partial charge in [0.2, 0.25) is 0 Å². The van der Waals surface area contributed by atoms with Gasteiger partial charge < -0.3 is 14.9 Å². The van der Waals surface area contributed by atoms with Gasteiger partial charge in [0, 0.05) is 6.54 Å². The third-order valence-electron chi connectivity index (χ3n) is 2.90. The van der Waals surface area contributed by atoms with E-state index in [0.717, 1.165) is 17.1 Å². The van der Waals surface area contributed by atoms with Gasteiger partial charge in [-0.1, -0.05) is 12.1 Å². The summed E-state index contributed by atoms with van der Waals surface area (Å²) in [4.78, 5) is 0. The lowest BCUT2D eigenvalue weighted by atomic mass is 10.1. The van der Waals surface area contributed by atoms with Crippen molar-refractivity contribution in [1.29, 1.82) is 0 Å². The molecule has 2 aromatic rings. The fraction of sp³-hybridized carbons (Fsp3) is 0.286. The first-order valence-corrected chi connectivity index (χ1v) is 5.68. The van der Waals surface area contributed by atoms with E-state index in [2.05, 4.69) is 13.0 Å². The molecule has 0 radical (unpaired) electrons. The molecule has 1 aromatic carbocycles. The zero-order valence-electron chi connectivity index (χ0n) is 10.1. The molecule has 1 aromatic heterocycles. The molecule has 1 unspecified atom stereocenters.